The molecule has 0 aromatic heterocycles. The Morgan fingerprint density at radius 3 is 2.41 bits per heavy atom. The lowest BCUT2D eigenvalue weighted by Gasteiger charge is -2.31. The van der Waals surface area contributed by atoms with Gasteiger partial charge in [0.05, 0.1) is 17.5 Å². The number of ether oxygens (including phenoxy) is 1. The van der Waals surface area contributed by atoms with Gasteiger partial charge in [0.25, 0.3) is 0 Å². The first-order chi connectivity index (χ1) is 15.3. The van der Waals surface area contributed by atoms with Crippen LogP contribution in [-0.4, -0.2) is 44.6 Å². The summed E-state index contributed by atoms with van der Waals surface area (Å²) in [5.74, 6) is 0.496. The Balaban J connectivity index is 1.58. The molecule has 0 unspecified atom stereocenters. The monoisotopic (exact) mass is 476 g/mol. The van der Waals surface area contributed by atoms with Crippen LogP contribution >= 0.6 is 11.8 Å². The molecule has 1 atom stereocenters. The van der Waals surface area contributed by atoms with Gasteiger partial charge in [-0.15, -0.1) is 11.8 Å². The lowest BCUT2D eigenvalue weighted by atomic mass is 9.96. The molecule has 6 nitrogen and oxygen atoms in total. The summed E-state index contributed by atoms with van der Waals surface area (Å²) < 4.78 is 33.2. The molecule has 0 spiro atoms. The van der Waals surface area contributed by atoms with E-state index in [1.54, 1.807) is 30.0 Å². The second-order valence-corrected chi connectivity index (χ2v) is 10.9. The van der Waals surface area contributed by atoms with Crippen molar-refractivity contribution in [1.82, 2.24) is 9.62 Å². The third-order valence-electron chi connectivity index (χ3n) is 5.88. The normalized spacial score (nSPS) is 16.5. The van der Waals surface area contributed by atoms with Crippen LogP contribution in [0.3, 0.4) is 0 Å². The van der Waals surface area contributed by atoms with E-state index in [0.717, 1.165) is 11.1 Å². The van der Waals surface area contributed by atoms with Gasteiger partial charge in [-0.2, -0.15) is 4.31 Å². The van der Waals surface area contributed by atoms with Gasteiger partial charge in [-0.25, -0.2) is 8.42 Å². The second kappa shape index (κ2) is 10.7. The van der Waals surface area contributed by atoms with Crippen molar-refractivity contribution in [2.24, 2.45) is 5.92 Å². The van der Waals surface area contributed by atoms with Crippen molar-refractivity contribution in [1.29, 1.82) is 0 Å². The third-order valence-corrected chi connectivity index (χ3v) is 8.52. The highest BCUT2D eigenvalue weighted by Gasteiger charge is 2.32. The third kappa shape index (κ3) is 5.66. The molecule has 1 amide bonds. The molecule has 1 saturated heterocycles. The number of benzene rings is 2. The van der Waals surface area contributed by atoms with Gasteiger partial charge in [0.15, 0.2) is 0 Å². The van der Waals surface area contributed by atoms with Gasteiger partial charge in [0.1, 0.15) is 5.75 Å². The Kier molecular flexibility index (Phi) is 8.25. The summed E-state index contributed by atoms with van der Waals surface area (Å²) in [6, 6.07) is 13.0. The highest BCUT2D eigenvalue weighted by Crippen LogP contribution is 2.28. The molecule has 2 aromatic carbocycles. The van der Waals surface area contributed by atoms with Gasteiger partial charge in [0.2, 0.25) is 15.9 Å². The van der Waals surface area contributed by atoms with Crippen LogP contribution in [0.25, 0.3) is 0 Å². The highest BCUT2D eigenvalue weighted by molar-refractivity contribution is 7.98. The SMILES string of the molecule is CCOc1ccc(S(=O)(=O)N2CCC(C(=O)N[C@H](C)c3ccc(SC)cc3)CC2)cc1C. The maximum Gasteiger partial charge on any atom is 0.243 e. The molecule has 8 heteroatoms. The number of carbonyl (C=O) groups excluding carboxylic acids is 1. The van der Waals surface area contributed by atoms with Crippen molar-refractivity contribution in [3.8, 4) is 5.75 Å². The van der Waals surface area contributed by atoms with Crippen LogP contribution in [-0.2, 0) is 14.8 Å². The molecule has 0 radical (unpaired) electrons. The zero-order valence-corrected chi connectivity index (χ0v) is 20.8. The maximum absolute atomic E-state index is 13.1. The zero-order chi connectivity index (χ0) is 23.3. The van der Waals surface area contributed by atoms with E-state index in [1.165, 1.54) is 9.20 Å². The lowest BCUT2D eigenvalue weighted by Crippen LogP contribution is -2.43. The van der Waals surface area contributed by atoms with Crippen LogP contribution in [0, 0.1) is 12.8 Å². The highest BCUT2D eigenvalue weighted by atomic mass is 32.2. The number of rotatable bonds is 8. The molecule has 0 bridgehead atoms. The number of sulfonamides is 1. The van der Waals surface area contributed by atoms with E-state index in [9.17, 15) is 13.2 Å². The molecule has 0 saturated carbocycles. The minimum Gasteiger partial charge on any atom is -0.494 e. The summed E-state index contributed by atoms with van der Waals surface area (Å²) in [7, 11) is -3.59. The van der Waals surface area contributed by atoms with Gasteiger partial charge in [-0.05, 0) is 81.3 Å². The largest absolute Gasteiger partial charge is 0.494 e. The quantitative estimate of drug-likeness (QED) is 0.572. The van der Waals surface area contributed by atoms with Gasteiger partial charge < -0.3 is 10.1 Å². The molecule has 1 heterocycles. The molecule has 1 N–H and O–H groups in total. The Morgan fingerprint density at radius 1 is 1.19 bits per heavy atom. The Labute approximate surface area is 195 Å². The van der Waals surface area contributed by atoms with Crippen molar-refractivity contribution < 1.29 is 17.9 Å². The van der Waals surface area contributed by atoms with E-state index in [0.29, 0.717) is 38.3 Å². The number of hydrogen-bond donors (Lipinski definition) is 1. The van der Waals surface area contributed by atoms with Crippen molar-refractivity contribution in [2.75, 3.05) is 26.0 Å². The minimum absolute atomic E-state index is 0.0135. The molecule has 0 aliphatic carbocycles. The van der Waals surface area contributed by atoms with Crippen molar-refractivity contribution in [2.45, 2.75) is 49.4 Å². The first-order valence-electron chi connectivity index (χ1n) is 10.9. The molecular weight excluding hydrogens is 444 g/mol. The predicted octanol–water partition coefficient (Wildman–Crippen LogP) is 4.39. The number of thioether (sulfide) groups is 1. The fourth-order valence-electron chi connectivity index (χ4n) is 3.91. The Bertz CT molecular complexity index is 1030. The smallest absolute Gasteiger partial charge is 0.243 e. The van der Waals surface area contributed by atoms with Crippen LogP contribution in [0.4, 0.5) is 0 Å². The molecule has 174 valence electrons. The molecule has 1 aliphatic heterocycles. The number of aryl methyl sites for hydroxylation is 1. The van der Waals surface area contributed by atoms with Crippen LogP contribution in [0.1, 0.15) is 43.9 Å². The summed E-state index contributed by atoms with van der Waals surface area (Å²) >= 11 is 1.68. The van der Waals surface area contributed by atoms with E-state index in [4.69, 9.17) is 4.74 Å². The van der Waals surface area contributed by atoms with Crippen LogP contribution < -0.4 is 10.1 Å². The molecule has 3 rings (SSSR count). The number of piperidine rings is 1. The van der Waals surface area contributed by atoms with E-state index >= 15 is 0 Å². The Hall–Kier alpha value is -2.03. The average Bonchev–Trinajstić information content (AvgIpc) is 2.80. The van der Waals surface area contributed by atoms with Crippen LogP contribution in [0.5, 0.6) is 5.75 Å². The number of carbonyl (C=O) groups is 1. The van der Waals surface area contributed by atoms with Crippen LogP contribution in [0.2, 0.25) is 0 Å². The molecule has 32 heavy (non-hydrogen) atoms. The van der Waals surface area contributed by atoms with Gasteiger partial charge in [-0.1, -0.05) is 12.1 Å². The molecule has 1 fully saturated rings. The maximum atomic E-state index is 13.1. The number of amides is 1. The standard InChI is InChI=1S/C24H32N2O4S2/c1-5-30-23-11-10-22(16-17(23)2)32(28,29)26-14-12-20(13-15-26)24(27)25-18(3)19-6-8-21(31-4)9-7-19/h6-11,16,18,20H,5,12-15H2,1-4H3,(H,25,27)/t18-/m1/s1. The van der Waals surface area contributed by atoms with E-state index in [1.807, 2.05) is 39.2 Å². The zero-order valence-electron chi connectivity index (χ0n) is 19.1. The molecular formula is C24H32N2O4S2. The molecule has 1 aliphatic rings. The summed E-state index contributed by atoms with van der Waals surface area (Å²) in [5, 5.41) is 3.09. The summed E-state index contributed by atoms with van der Waals surface area (Å²) in [6.45, 7) is 6.92. The van der Waals surface area contributed by atoms with E-state index in [2.05, 4.69) is 17.4 Å². The van der Waals surface area contributed by atoms with Crippen molar-refractivity contribution >= 4 is 27.7 Å². The van der Waals surface area contributed by atoms with Gasteiger partial charge >= 0.3 is 0 Å². The van der Waals surface area contributed by atoms with Crippen molar-refractivity contribution in [3.05, 3.63) is 53.6 Å². The van der Waals surface area contributed by atoms with Crippen LogP contribution in [0.15, 0.2) is 52.3 Å². The van der Waals surface area contributed by atoms with E-state index < -0.39 is 10.0 Å². The predicted molar refractivity (Wildman–Crippen MR) is 129 cm³/mol. The average molecular weight is 477 g/mol. The number of hydrogen-bond acceptors (Lipinski definition) is 5. The van der Waals surface area contributed by atoms with Crippen molar-refractivity contribution in [3.63, 3.8) is 0 Å². The Morgan fingerprint density at radius 2 is 1.84 bits per heavy atom. The fourth-order valence-corrected chi connectivity index (χ4v) is 5.88. The van der Waals surface area contributed by atoms with E-state index in [-0.39, 0.29) is 22.8 Å². The fraction of sp³-hybridized carbons (Fsp3) is 0.458. The first-order valence-corrected chi connectivity index (χ1v) is 13.6. The summed E-state index contributed by atoms with van der Waals surface area (Å²) in [4.78, 5) is 14.2. The minimum atomic E-state index is -3.59. The molecule has 2 aromatic rings. The topological polar surface area (TPSA) is 75.7 Å². The van der Waals surface area contributed by atoms with Gasteiger partial charge in [-0.3, -0.25) is 4.79 Å². The number of nitrogens with one attached hydrogen (secondary N) is 1. The van der Waals surface area contributed by atoms with Gasteiger partial charge in [0, 0.05) is 23.9 Å². The summed E-state index contributed by atoms with van der Waals surface area (Å²) in [5.41, 5.74) is 1.85. The second-order valence-electron chi connectivity index (χ2n) is 8.04. The lowest BCUT2D eigenvalue weighted by molar-refractivity contribution is -0.126. The first kappa shape index (κ1) is 24.6. The summed E-state index contributed by atoms with van der Waals surface area (Å²) in [6.07, 6.45) is 3.06. The number of nitrogens with zero attached hydrogens (tertiary/aromatic N) is 1.